The minimum Gasteiger partial charge on any atom is -0.418 e. The first-order valence-electron chi connectivity index (χ1n) is 11.6. The first kappa shape index (κ1) is 23.0. The molecule has 35 heavy (non-hydrogen) atoms. The second-order valence-corrected chi connectivity index (χ2v) is 8.65. The van der Waals surface area contributed by atoms with Gasteiger partial charge in [-0.3, -0.25) is 0 Å². The standard InChI is InChI=1S/C29H23N.BF4/c1-2-8-18-30(17-7-1)20-24-19-23-14-13-21-9-3-5-11-25(21)28(23)29-26-12-6-4-10-22(26)15-16-27(24)29;2-1(3,4)5/h1,3-16,18-19H,2,17,20H2;/q;-1. The molecule has 0 aliphatic carbocycles. The van der Waals surface area contributed by atoms with Gasteiger partial charge in [0.05, 0.1) is 0 Å². The molecule has 0 radical (unpaired) electrons. The van der Waals surface area contributed by atoms with E-state index in [1.54, 1.807) is 0 Å². The molecule has 0 saturated heterocycles. The molecular weight excluding hydrogens is 449 g/mol. The number of allylic oxidation sites excluding steroid dienone is 2. The van der Waals surface area contributed by atoms with Crippen molar-refractivity contribution in [2.75, 3.05) is 6.54 Å². The van der Waals surface area contributed by atoms with E-state index in [-0.39, 0.29) is 0 Å². The lowest BCUT2D eigenvalue weighted by molar-refractivity contribution is 0.368. The predicted octanol–water partition coefficient (Wildman–Crippen LogP) is 8.88. The van der Waals surface area contributed by atoms with Crippen LogP contribution in [0.25, 0.3) is 43.1 Å². The normalized spacial score (nSPS) is 13.9. The number of nitrogens with zero attached hydrogens (tertiary/aromatic N) is 1. The summed E-state index contributed by atoms with van der Waals surface area (Å²) in [6.45, 7) is 1.87. The molecule has 5 aromatic rings. The second kappa shape index (κ2) is 9.45. The molecule has 0 bridgehead atoms. The van der Waals surface area contributed by atoms with Crippen LogP contribution in [0.1, 0.15) is 12.0 Å². The van der Waals surface area contributed by atoms with Crippen molar-refractivity contribution >= 4 is 50.3 Å². The van der Waals surface area contributed by atoms with Gasteiger partial charge in [-0.15, -0.1) is 0 Å². The third kappa shape index (κ3) is 5.02. The lowest BCUT2D eigenvalue weighted by Crippen LogP contribution is -2.16. The van der Waals surface area contributed by atoms with Crippen molar-refractivity contribution in [1.82, 2.24) is 4.90 Å². The van der Waals surface area contributed by atoms with Gasteiger partial charge < -0.3 is 22.2 Å². The SMILES string of the molecule is C1=CCN(Cc2cc3ccc4ccccc4c3c3c2ccc2ccccc23)C=CC1.F[B-](F)(F)F. The summed E-state index contributed by atoms with van der Waals surface area (Å²) >= 11 is 0. The molecule has 0 amide bonds. The van der Waals surface area contributed by atoms with E-state index in [0.717, 1.165) is 19.5 Å². The van der Waals surface area contributed by atoms with E-state index < -0.39 is 7.25 Å². The summed E-state index contributed by atoms with van der Waals surface area (Å²) in [5.74, 6) is 0. The Bertz CT molecular complexity index is 1580. The lowest BCUT2D eigenvalue weighted by atomic mass is 9.90. The highest BCUT2D eigenvalue weighted by molar-refractivity contribution is 6.50. The number of rotatable bonds is 2. The highest BCUT2D eigenvalue weighted by Gasteiger charge is 2.20. The summed E-state index contributed by atoms with van der Waals surface area (Å²) in [5, 5.41) is 10.7. The molecule has 1 aliphatic heterocycles. The number of benzene rings is 5. The molecular formula is C29H23BF4N-. The van der Waals surface area contributed by atoms with Crippen LogP contribution < -0.4 is 0 Å². The Labute approximate surface area is 201 Å². The number of halogens is 4. The van der Waals surface area contributed by atoms with Gasteiger partial charge in [0.2, 0.25) is 0 Å². The van der Waals surface area contributed by atoms with Gasteiger partial charge in [0.1, 0.15) is 0 Å². The van der Waals surface area contributed by atoms with E-state index in [0.29, 0.717) is 0 Å². The Hall–Kier alpha value is -3.80. The predicted molar refractivity (Wildman–Crippen MR) is 140 cm³/mol. The van der Waals surface area contributed by atoms with Crippen molar-refractivity contribution in [3.05, 3.63) is 109 Å². The monoisotopic (exact) mass is 472 g/mol. The maximum absolute atomic E-state index is 9.75. The van der Waals surface area contributed by atoms with Gasteiger partial charge >= 0.3 is 7.25 Å². The van der Waals surface area contributed by atoms with Crippen LogP contribution in [0.15, 0.2) is 103 Å². The molecule has 0 unspecified atom stereocenters. The highest BCUT2D eigenvalue weighted by atomic mass is 19.5. The molecule has 1 aliphatic rings. The van der Waals surface area contributed by atoms with Gasteiger partial charge in [-0.1, -0.05) is 91.0 Å². The van der Waals surface area contributed by atoms with Crippen molar-refractivity contribution in [3.63, 3.8) is 0 Å². The molecule has 0 aromatic heterocycles. The van der Waals surface area contributed by atoms with Crippen LogP contribution in [0.4, 0.5) is 17.3 Å². The van der Waals surface area contributed by atoms with Crippen LogP contribution in [0.5, 0.6) is 0 Å². The van der Waals surface area contributed by atoms with E-state index in [1.165, 1.54) is 48.7 Å². The summed E-state index contributed by atoms with van der Waals surface area (Å²) in [6.07, 6.45) is 10.0. The fourth-order valence-electron chi connectivity index (χ4n) is 4.88. The Morgan fingerprint density at radius 2 is 1.23 bits per heavy atom. The van der Waals surface area contributed by atoms with Crippen LogP contribution >= 0.6 is 0 Å². The first-order chi connectivity index (χ1) is 16.9. The third-order valence-corrected chi connectivity index (χ3v) is 6.28. The molecule has 0 saturated carbocycles. The van der Waals surface area contributed by atoms with E-state index in [4.69, 9.17) is 0 Å². The van der Waals surface area contributed by atoms with Crippen LogP contribution in [-0.4, -0.2) is 18.7 Å². The molecule has 176 valence electrons. The second-order valence-electron chi connectivity index (χ2n) is 8.65. The van der Waals surface area contributed by atoms with Crippen LogP contribution in [0.3, 0.4) is 0 Å². The summed E-state index contributed by atoms with van der Waals surface area (Å²) in [4.78, 5) is 2.40. The van der Waals surface area contributed by atoms with E-state index in [2.05, 4.69) is 108 Å². The van der Waals surface area contributed by atoms with Crippen molar-refractivity contribution in [1.29, 1.82) is 0 Å². The van der Waals surface area contributed by atoms with Gasteiger partial charge in [0.25, 0.3) is 0 Å². The molecule has 1 nitrogen and oxygen atoms in total. The molecule has 0 atom stereocenters. The molecule has 0 N–H and O–H groups in total. The Morgan fingerprint density at radius 3 is 1.94 bits per heavy atom. The lowest BCUT2D eigenvalue weighted by Gasteiger charge is -2.21. The summed E-state index contributed by atoms with van der Waals surface area (Å²) in [5.41, 5.74) is 1.39. The van der Waals surface area contributed by atoms with Gasteiger partial charge in [-0.2, -0.15) is 0 Å². The zero-order chi connectivity index (χ0) is 24.4. The zero-order valence-electron chi connectivity index (χ0n) is 19.0. The number of hydrogen-bond donors (Lipinski definition) is 0. The third-order valence-electron chi connectivity index (χ3n) is 6.28. The van der Waals surface area contributed by atoms with Gasteiger partial charge in [-0.05, 0) is 67.3 Å². The van der Waals surface area contributed by atoms with Crippen LogP contribution in [0.2, 0.25) is 0 Å². The minimum atomic E-state index is -6.00. The molecule has 0 spiro atoms. The van der Waals surface area contributed by atoms with Crippen molar-refractivity contribution < 1.29 is 17.3 Å². The van der Waals surface area contributed by atoms with Crippen LogP contribution in [-0.2, 0) is 6.54 Å². The van der Waals surface area contributed by atoms with E-state index >= 15 is 0 Å². The number of hydrogen-bond acceptors (Lipinski definition) is 1. The quantitative estimate of drug-likeness (QED) is 0.107. The summed E-state index contributed by atoms with van der Waals surface area (Å²) < 4.78 is 39.0. The molecule has 6 rings (SSSR count). The van der Waals surface area contributed by atoms with Crippen molar-refractivity contribution in [2.24, 2.45) is 0 Å². The van der Waals surface area contributed by atoms with Crippen molar-refractivity contribution in [2.45, 2.75) is 13.0 Å². The fourth-order valence-corrected chi connectivity index (χ4v) is 4.88. The highest BCUT2D eigenvalue weighted by Crippen LogP contribution is 2.38. The number of fused-ring (bicyclic) bond motifs is 7. The zero-order valence-corrected chi connectivity index (χ0v) is 19.0. The van der Waals surface area contributed by atoms with Gasteiger partial charge in [0, 0.05) is 13.1 Å². The van der Waals surface area contributed by atoms with Gasteiger partial charge in [0.15, 0.2) is 0 Å². The minimum absolute atomic E-state index is 0.915. The average Bonchev–Trinajstić information content (AvgIpc) is 3.11. The molecule has 1 heterocycles. The Balaban J connectivity index is 0.000000464. The maximum Gasteiger partial charge on any atom is 0.673 e. The molecule has 0 fully saturated rings. The maximum atomic E-state index is 9.75. The first-order valence-corrected chi connectivity index (χ1v) is 11.6. The summed E-state index contributed by atoms with van der Waals surface area (Å²) in [6, 6.07) is 29.1. The largest absolute Gasteiger partial charge is 0.673 e. The smallest absolute Gasteiger partial charge is 0.418 e. The van der Waals surface area contributed by atoms with Crippen LogP contribution in [0, 0.1) is 0 Å². The Kier molecular flexibility index (Phi) is 6.20. The van der Waals surface area contributed by atoms with Crippen molar-refractivity contribution in [3.8, 4) is 0 Å². The Morgan fingerprint density at radius 1 is 0.629 bits per heavy atom. The molecule has 6 heteroatoms. The molecule has 5 aromatic carbocycles. The topological polar surface area (TPSA) is 3.24 Å². The average molecular weight is 472 g/mol. The van der Waals surface area contributed by atoms with Gasteiger partial charge in [-0.25, -0.2) is 0 Å². The summed E-state index contributed by atoms with van der Waals surface area (Å²) in [7, 11) is -6.00. The fraction of sp³-hybridized carbons (Fsp3) is 0.103. The van der Waals surface area contributed by atoms with E-state index in [1.807, 2.05) is 0 Å². The van der Waals surface area contributed by atoms with E-state index in [9.17, 15) is 17.3 Å².